The highest BCUT2D eigenvalue weighted by Gasteiger charge is 2.21. The maximum Gasteiger partial charge on any atom is 0.110 e. The van der Waals surface area contributed by atoms with Gasteiger partial charge in [0.15, 0.2) is 0 Å². The number of rotatable bonds is 2. The molecule has 2 atom stereocenters. The highest BCUT2D eigenvalue weighted by Crippen LogP contribution is 2.32. The van der Waals surface area contributed by atoms with Gasteiger partial charge in [-0.15, -0.1) is 11.3 Å². The van der Waals surface area contributed by atoms with E-state index in [0.717, 1.165) is 17.3 Å². The molecule has 0 fully saturated rings. The summed E-state index contributed by atoms with van der Waals surface area (Å²) in [6.07, 6.45) is 5.00. The van der Waals surface area contributed by atoms with Gasteiger partial charge in [0.1, 0.15) is 5.01 Å². The summed E-state index contributed by atoms with van der Waals surface area (Å²) in [4.78, 5) is 6.11. The van der Waals surface area contributed by atoms with Gasteiger partial charge < -0.3 is 5.73 Å². The summed E-state index contributed by atoms with van der Waals surface area (Å²) in [5.41, 5.74) is 7.17. The Morgan fingerprint density at radius 1 is 1.64 bits per heavy atom. The Morgan fingerprint density at radius 2 is 2.43 bits per heavy atom. The van der Waals surface area contributed by atoms with Crippen molar-refractivity contribution >= 4 is 11.3 Å². The lowest BCUT2D eigenvalue weighted by atomic mass is 9.89. The number of nitrogens with zero attached hydrogens (tertiary/aromatic N) is 1. The molecule has 0 saturated heterocycles. The largest absolute Gasteiger partial charge is 0.322 e. The van der Waals surface area contributed by atoms with Crippen molar-refractivity contribution in [2.24, 2.45) is 11.7 Å². The van der Waals surface area contributed by atoms with E-state index in [-0.39, 0.29) is 6.04 Å². The van der Waals surface area contributed by atoms with Crippen molar-refractivity contribution < 1.29 is 0 Å². The molecule has 14 heavy (non-hydrogen) atoms. The zero-order valence-corrected chi connectivity index (χ0v) is 9.73. The lowest BCUT2D eigenvalue weighted by Crippen LogP contribution is -2.11. The highest BCUT2D eigenvalue weighted by molar-refractivity contribution is 7.11. The van der Waals surface area contributed by atoms with Crippen LogP contribution in [0.4, 0.5) is 0 Å². The standard InChI is InChI=1S/C11H18N2S/c1-3-8-4-5-9-10(6-8)14-11(13-9)7(2)12/h7-8H,3-6,12H2,1-2H3. The second-order valence-electron chi connectivity index (χ2n) is 4.23. The Bertz CT molecular complexity index is 317. The molecule has 1 aliphatic carbocycles. The van der Waals surface area contributed by atoms with E-state index in [2.05, 4.69) is 11.9 Å². The number of aryl methyl sites for hydroxylation is 1. The molecule has 0 radical (unpaired) electrons. The topological polar surface area (TPSA) is 38.9 Å². The Kier molecular flexibility index (Phi) is 2.88. The molecule has 2 N–H and O–H groups in total. The summed E-state index contributed by atoms with van der Waals surface area (Å²) in [6.45, 7) is 4.30. The fraction of sp³-hybridized carbons (Fsp3) is 0.727. The van der Waals surface area contributed by atoms with Crippen LogP contribution in [-0.2, 0) is 12.8 Å². The lowest BCUT2D eigenvalue weighted by Gasteiger charge is -2.18. The molecule has 0 bridgehead atoms. The van der Waals surface area contributed by atoms with Crippen LogP contribution in [0.2, 0.25) is 0 Å². The number of aromatic nitrogens is 1. The monoisotopic (exact) mass is 210 g/mol. The van der Waals surface area contributed by atoms with Crippen LogP contribution in [0.5, 0.6) is 0 Å². The quantitative estimate of drug-likeness (QED) is 0.815. The Labute approximate surface area is 89.5 Å². The Balaban J connectivity index is 2.21. The van der Waals surface area contributed by atoms with E-state index < -0.39 is 0 Å². The average molecular weight is 210 g/mol. The van der Waals surface area contributed by atoms with Crippen LogP contribution in [0.25, 0.3) is 0 Å². The van der Waals surface area contributed by atoms with Gasteiger partial charge in [-0.1, -0.05) is 13.3 Å². The Morgan fingerprint density at radius 3 is 3.07 bits per heavy atom. The summed E-state index contributed by atoms with van der Waals surface area (Å²) in [6, 6.07) is 0.102. The van der Waals surface area contributed by atoms with E-state index >= 15 is 0 Å². The highest BCUT2D eigenvalue weighted by atomic mass is 32.1. The number of nitrogens with two attached hydrogens (primary N) is 1. The fourth-order valence-electron chi connectivity index (χ4n) is 2.01. The zero-order chi connectivity index (χ0) is 10.1. The van der Waals surface area contributed by atoms with E-state index in [1.165, 1.54) is 29.8 Å². The fourth-order valence-corrected chi connectivity index (χ4v) is 3.19. The Hall–Kier alpha value is -0.410. The van der Waals surface area contributed by atoms with Crippen molar-refractivity contribution in [2.45, 2.75) is 45.6 Å². The maximum atomic E-state index is 5.84. The molecule has 0 saturated carbocycles. The van der Waals surface area contributed by atoms with Gasteiger partial charge in [-0.3, -0.25) is 0 Å². The molecule has 1 aromatic rings. The van der Waals surface area contributed by atoms with Gasteiger partial charge in [0.2, 0.25) is 0 Å². The number of hydrogen-bond donors (Lipinski definition) is 1. The predicted octanol–water partition coefficient (Wildman–Crippen LogP) is 2.68. The van der Waals surface area contributed by atoms with Gasteiger partial charge >= 0.3 is 0 Å². The van der Waals surface area contributed by atoms with Crippen molar-refractivity contribution in [1.82, 2.24) is 4.98 Å². The van der Waals surface area contributed by atoms with Gasteiger partial charge in [0.25, 0.3) is 0 Å². The van der Waals surface area contributed by atoms with Gasteiger partial charge in [0.05, 0.1) is 11.7 Å². The van der Waals surface area contributed by atoms with Crippen LogP contribution in [-0.4, -0.2) is 4.98 Å². The molecule has 1 heterocycles. The average Bonchev–Trinajstić information content (AvgIpc) is 2.59. The van der Waals surface area contributed by atoms with Crippen molar-refractivity contribution in [2.75, 3.05) is 0 Å². The van der Waals surface area contributed by atoms with E-state index in [0.29, 0.717) is 0 Å². The minimum atomic E-state index is 0.102. The summed E-state index contributed by atoms with van der Waals surface area (Å²) < 4.78 is 0. The smallest absolute Gasteiger partial charge is 0.110 e. The van der Waals surface area contributed by atoms with Gasteiger partial charge in [-0.25, -0.2) is 4.98 Å². The normalized spacial score (nSPS) is 23.2. The summed E-state index contributed by atoms with van der Waals surface area (Å²) in [7, 11) is 0. The molecule has 0 spiro atoms. The SMILES string of the molecule is CCC1CCc2nc(C(C)N)sc2C1. The number of thiazole rings is 1. The molecule has 0 aromatic carbocycles. The third-order valence-electron chi connectivity index (χ3n) is 3.03. The van der Waals surface area contributed by atoms with E-state index in [1.54, 1.807) is 0 Å². The van der Waals surface area contributed by atoms with Crippen molar-refractivity contribution in [3.63, 3.8) is 0 Å². The minimum Gasteiger partial charge on any atom is -0.322 e. The molecule has 1 aliphatic rings. The van der Waals surface area contributed by atoms with Crippen LogP contribution in [0.1, 0.15) is 48.3 Å². The van der Waals surface area contributed by atoms with Crippen LogP contribution < -0.4 is 5.73 Å². The van der Waals surface area contributed by atoms with Gasteiger partial charge in [0, 0.05) is 4.88 Å². The first-order chi connectivity index (χ1) is 6.70. The summed E-state index contributed by atoms with van der Waals surface area (Å²) >= 11 is 1.83. The molecule has 1 aromatic heterocycles. The van der Waals surface area contributed by atoms with Crippen molar-refractivity contribution in [1.29, 1.82) is 0 Å². The third kappa shape index (κ3) is 1.84. The molecule has 2 nitrogen and oxygen atoms in total. The summed E-state index contributed by atoms with van der Waals surface area (Å²) in [5, 5.41) is 1.12. The molecule has 2 rings (SSSR count). The van der Waals surface area contributed by atoms with Crippen LogP contribution in [0.15, 0.2) is 0 Å². The van der Waals surface area contributed by atoms with Crippen LogP contribution >= 0.6 is 11.3 Å². The zero-order valence-electron chi connectivity index (χ0n) is 8.92. The number of hydrogen-bond acceptors (Lipinski definition) is 3. The maximum absolute atomic E-state index is 5.84. The van der Waals surface area contributed by atoms with E-state index in [9.17, 15) is 0 Å². The molecular formula is C11H18N2S. The molecular weight excluding hydrogens is 192 g/mol. The molecule has 3 heteroatoms. The van der Waals surface area contributed by atoms with E-state index in [1.807, 2.05) is 18.3 Å². The van der Waals surface area contributed by atoms with Crippen molar-refractivity contribution in [3.05, 3.63) is 15.6 Å². The first-order valence-corrected chi connectivity index (χ1v) is 6.26. The van der Waals surface area contributed by atoms with Crippen LogP contribution in [0.3, 0.4) is 0 Å². The first kappa shape index (κ1) is 10.1. The lowest BCUT2D eigenvalue weighted by molar-refractivity contribution is 0.445. The molecule has 0 amide bonds. The molecule has 0 aliphatic heterocycles. The molecule has 78 valence electrons. The first-order valence-electron chi connectivity index (χ1n) is 5.44. The van der Waals surface area contributed by atoms with E-state index in [4.69, 9.17) is 5.73 Å². The van der Waals surface area contributed by atoms with Crippen LogP contribution in [0, 0.1) is 5.92 Å². The minimum absolute atomic E-state index is 0.102. The third-order valence-corrected chi connectivity index (χ3v) is 4.35. The van der Waals surface area contributed by atoms with Gasteiger partial charge in [-0.05, 0) is 32.1 Å². The second-order valence-corrected chi connectivity index (χ2v) is 5.34. The second kappa shape index (κ2) is 3.99. The summed E-state index contributed by atoms with van der Waals surface area (Å²) in [5.74, 6) is 0.879. The van der Waals surface area contributed by atoms with Gasteiger partial charge in [-0.2, -0.15) is 0 Å². The number of fused-ring (bicyclic) bond motifs is 1. The van der Waals surface area contributed by atoms with Crippen molar-refractivity contribution in [3.8, 4) is 0 Å². The molecule has 2 unspecified atom stereocenters. The predicted molar refractivity (Wildman–Crippen MR) is 60.5 cm³/mol.